The fourth-order valence-electron chi connectivity index (χ4n) is 4.09. The number of aryl methyl sites for hydroxylation is 2. The summed E-state index contributed by atoms with van der Waals surface area (Å²) in [5, 5.41) is 3.05. The number of hydrogen-bond donors (Lipinski definition) is 1. The molecule has 1 heterocycles. The van der Waals surface area contributed by atoms with E-state index in [1.165, 1.54) is 9.13 Å². The van der Waals surface area contributed by atoms with E-state index in [1.807, 2.05) is 30.9 Å². The van der Waals surface area contributed by atoms with Crippen LogP contribution in [0.1, 0.15) is 46.8 Å². The smallest absolute Gasteiger partial charge is 0.254 e. The number of benzene rings is 2. The summed E-state index contributed by atoms with van der Waals surface area (Å²) >= 11 is 2.30. The van der Waals surface area contributed by atoms with Gasteiger partial charge in [0.1, 0.15) is 0 Å². The number of halogens is 1. The normalized spacial score (nSPS) is 19.4. The van der Waals surface area contributed by atoms with Crippen molar-refractivity contribution in [2.45, 2.75) is 52.1 Å². The van der Waals surface area contributed by atoms with Gasteiger partial charge in [0, 0.05) is 34.7 Å². The lowest BCUT2D eigenvalue weighted by molar-refractivity contribution is -0.120. The molecule has 2 aromatic rings. The van der Waals surface area contributed by atoms with Gasteiger partial charge in [0.25, 0.3) is 5.91 Å². The zero-order chi connectivity index (χ0) is 20.3. The van der Waals surface area contributed by atoms with Crippen molar-refractivity contribution in [2.24, 2.45) is 0 Å². The maximum absolute atomic E-state index is 13.3. The molecular formula is C23H27IN2O2. The molecule has 2 unspecified atom stereocenters. The molecule has 1 fully saturated rings. The van der Waals surface area contributed by atoms with E-state index in [-0.39, 0.29) is 23.9 Å². The first kappa shape index (κ1) is 20.8. The summed E-state index contributed by atoms with van der Waals surface area (Å²) in [5.41, 5.74) is 4.17. The molecule has 28 heavy (non-hydrogen) atoms. The standard InChI is InChI=1S/C23H27IN2O2/c1-15-10-16(2)12-19(11-15)23(28)26-9-8-21(25-17(3)27)14-22(26)13-18-4-6-20(24)7-5-18/h4-7,10-12,21-22H,8-9,13-14H2,1-3H3,(H,25,27). The zero-order valence-electron chi connectivity index (χ0n) is 16.7. The molecule has 0 spiro atoms. The zero-order valence-corrected chi connectivity index (χ0v) is 18.8. The topological polar surface area (TPSA) is 49.4 Å². The fourth-order valence-corrected chi connectivity index (χ4v) is 4.45. The Balaban J connectivity index is 1.84. The number of carbonyl (C=O) groups excluding carboxylic acids is 2. The van der Waals surface area contributed by atoms with Crippen LogP contribution in [0.25, 0.3) is 0 Å². The molecular weight excluding hydrogens is 463 g/mol. The summed E-state index contributed by atoms with van der Waals surface area (Å²) in [6.45, 7) is 6.26. The van der Waals surface area contributed by atoms with Crippen LogP contribution >= 0.6 is 22.6 Å². The molecule has 3 rings (SSSR count). The van der Waals surface area contributed by atoms with Crippen LogP contribution in [-0.4, -0.2) is 35.3 Å². The summed E-state index contributed by atoms with van der Waals surface area (Å²) < 4.78 is 1.20. The lowest BCUT2D eigenvalue weighted by Crippen LogP contribution is -2.52. The molecule has 0 aromatic heterocycles. The predicted octanol–water partition coefficient (Wildman–Crippen LogP) is 4.26. The van der Waals surface area contributed by atoms with E-state index in [1.54, 1.807) is 6.92 Å². The van der Waals surface area contributed by atoms with Crippen molar-refractivity contribution in [2.75, 3.05) is 6.54 Å². The van der Waals surface area contributed by atoms with Gasteiger partial charge in [-0.15, -0.1) is 0 Å². The van der Waals surface area contributed by atoms with E-state index < -0.39 is 0 Å². The monoisotopic (exact) mass is 490 g/mol. The molecule has 1 aliphatic heterocycles. The highest BCUT2D eigenvalue weighted by Crippen LogP contribution is 2.24. The molecule has 1 saturated heterocycles. The maximum atomic E-state index is 13.3. The Morgan fingerprint density at radius 3 is 2.36 bits per heavy atom. The number of rotatable bonds is 4. The maximum Gasteiger partial charge on any atom is 0.254 e. The molecule has 0 bridgehead atoms. The van der Waals surface area contributed by atoms with Gasteiger partial charge in [-0.25, -0.2) is 0 Å². The van der Waals surface area contributed by atoms with Crippen LogP contribution < -0.4 is 5.32 Å². The second kappa shape index (κ2) is 9.07. The molecule has 2 amide bonds. The molecule has 0 saturated carbocycles. The van der Waals surface area contributed by atoms with Crippen LogP contribution in [0.4, 0.5) is 0 Å². The highest BCUT2D eigenvalue weighted by atomic mass is 127. The molecule has 148 valence electrons. The minimum Gasteiger partial charge on any atom is -0.353 e. The van der Waals surface area contributed by atoms with Crippen molar-refractivity contribution >= 4 is 34.4 Å². The number of nitrogens with one attached hydrogen (secondary N) is 1. The van der Waals surface area contributed by atoms with Gasteiger partial charge >= 0.3 is 0 Å². The van der Waals surface area contributed by atoms with Gasteiger partial charge in [0.2, 0.25) is 5.91 Å². The third kappa shape index (κ3) is 5.34. The molecule has 4 nitrogen and oxygen atoms in total. The predicted molar refractivity (Wildman–Crippen MR) is 120 cm³/mol. The Morgan fingerprint density at radius 1 is 1.11 bits per heavy atom. The van der Waals surface area contributed by atoms with Crippen molar-refractivity contribution in [3.63, 3.8) is 0 Å². The molecule has 1 N–H and O–H groups in total. The summed E-state index contributed by atoms with van der Waals surface area (Å²) in [6.07, 6.45) is 2.37. The lowest BCUT2D eigenvalue weighted by Gasteiger charge is -2.40. The Hall–Kier alpha value is -1.89. The largest absolute Gasteiger partial charge is 0.353 e. The van der Waals surface area contributed by atoms with Crippen molar-refractivity contribution in [1.29, 1.82) is 0 Å². The Bertz CT molecular complexity index is 843. The van der Waals surface area contributed by atoms with Gasteiger partial charge in [-0.3, -0.25) is 9.59 Å². The number of amides is 2. The quantitative estimate of drug-likeness (QED) is 0.652. The summed E-state index contributed by atoms with van der Waals surface area (Å²) in [6, 6.07) is 14.7. The van der Waals surface area contributed by atoms with E-state index in [4.69, 9.17) is 0 Å². The van der Waals surface area contributed by atoms with E-state index in [2.05, 4.69) is 58.2 Å². The van der Waals surface area contributed by atoms with E-state index in [0.29, 0.717) is 6.54 Å². The average molecular weight is 490 g/mol. The average Bonchev–Trinajstić information content (AvgIpc) is 2.62. The van der Waals surface area contributed by atoms with Gasteiger partial charge in [-0.1, -0.05) is 29.3 Å². The minimum absolute atomic E-state index is 0.00731. The third-order valence-corrected chi connectivity index (χ3v) is 5.96. The number of likely N-dealkylation sites (tertiary alicyclic amines) is 1. The molecule has 5 heteroatoms. The van der Waals surface area contributed by atoms with Crippen LogP contribution in [0.3, 0.4) is 0 Å². The van der Waals surface area contributed by atoms with Crippen molar-refractivity contribution in [3.05, 3.63) is 68.3 Å². The van der Waals surface area contributed by atoms with E-state index >= 15 is 0 Å². The lowest BCUT2D eigenvalue weighted by atomic mass is 9.91. The first-order chi connectivity index (χ1) is 13.3. The van der Waals surface area contributed by atoms with Crippen LogP contribution in [0, 0.1) is 17.4 Å². The summed E-state index contributed by atoms with van der Waals surface area (Å²) in [5.74, 6) is 0.0793. The first-order valence-electron chi connectivity index (χ1n) is 9.72. The van der Waals surface area contributed by atoms with Crippen molar-refractivity contribution < 1.29 is 9.59 Å². The van der Waals surface area contributed by atoms with Crippen LogP contribution in [-0.2, 0) is 11.2 Å². The van der Waals surface area contributed by atoms with Gasteiger partial charge in [0.15, 0.2) is 0 Å². The Morgan fingerprint density at radius 2 is 1.75 bits per heavy atom. The van der Waals surface area contributed by atoms with Gasteiger partial charge in [-0.05, 0) is 85.5 Å². The third-order valence-electron chi connectivity index (χ3n) is 5.24. The highest BCUT2D eigenvalue weighted by molar-refractivity contribution is 14.1. The number of hydrogen-bond acceptors (Lipinski definition) is 2. The molecule has 0 aliphatic carbocycles. The number of nitrogens with zero attached hydrogens (tertiary/aromatic N) is 1. The van der Waals surface area contributed by atoms with Crippen LogP contribution in [0.2, 0.25) is 0 Å². The fraction of sp³-hybridized carbons (Fsp3) is 0.391. The minimum atomic E-state index is -0.00731. The van der Waals surface area contributed by atoms with E-state index in [0.717, 1.165) is 36.0 Å². The SMILES string of the molecule is CC(=O)NC1CCN(C(=O)c2cc(C)cc(C)c2)C(Cc2ccc(I)cc2)C1. The molecule has 0 radical (unpaired) electrons. The highest BCUT2D eigenvalue weighted by Gasteiger charge is 2.32. The van der Waals surface area contributed by atoms with Gasteiger partial charge < -0.3 is 10.2 Å². The van der Waals surface area contributed by atoms with Crippen LogP contribution in [0.5, 0.6) is 0 Å². The van der Waals surface area contributed by atoms with Gasteiger partial charge in [0.05, 0.1) is 0 Å². The molecule has 2 atom stereocenters. The molecule has 2 aromatic carbocycles. The number of piperidine rings is 1. The molecule has 1 aliphatic rings. The second-order valence-electron chi connectivity index (χ2n) is 7.78. The van der Waals surface area contributed by atoms with Gasteiger partial charge in [-0.2, -0.15) is 0 Å². The summed E-state index contributed by atoms with van der Waals surface area (Å²) in [4.78, 5) is 26.9. The van der Waals surface area contributed by atoms with Crippen LogP contribution in [0.15, 0.2) is 42.5 Å². The summed E-state index contributed by atoms with van der Waals surface area (Å²) in [7, 11) is 0. The first-order valence-corrected chi connectivity index (χ1v) is 10.8. The number of carbonyl (C=O) groups is 2. The second-order valence-corrected chi connectivity index (χ2v) is 9.03. The Kier molecular flexibility index (Phi) is 6.75. The van der Waals surface area contributed by atoms with Crippen molar-refractivity contribution in [3.8, 4) is 0 Å². The van der Waals surface area contributed by atoms with Crippen molar-refractivity contribution in [1.82, 2.24) is 10.2 Å². The van der Waals surface area contributed by atoms with E-state index in [9.17, 15) is 9.59 Å². The Labute approximate surface area is 180 Å².